The Bertz CT molecular complexity index is 500. The average molecular weight is 327 g/mol. The molecule has 0 unspecified atom stereocenters. The molecule has 0 atom stereocenters. The van der Waals surface area contributed by atoms with Crippen molar-refractivity contribution in [1.29, 1.82) is 0 Å². The van der Waals surface area contributed by atoms with E-state index in [0.29, 0.717) is 5.92 Å². The highest BCUT2D eigenvalue weighted by atomic mass is 127. The minimum atomic E-state index is 0.709. The standard InChI is InChI=1S/C12H14IN3/c13-11-8-14-12-6-10(7-15-16(11)12)9-4-2-1-3-5-9/h6-9H,1-5H2. The summed E-state index contributed by atoms with van der Waals surface area (Å²) in [7, 11) is 0. The van der Waals surface area contributed by atoms with Crippen molar-refractivity contribution in [3.63, 3.8) is 0 Å². The average Bonchev–Trinajstić information content (AvgIpc) is 2.72. The molecule has 0 aliphatic heterocycles. The zero-order chi connectivity index (χ0) is 11.0. The third kappa shape index (κ3) is 1.83. The van der Waals surface area contributed by atoms with Crippen molar-refractivity contribution < 1.29 is 0 Å². The lowest BCUT2D eigenvalue weighted by molar-refractivity contribution is 0.442. The molecule has 0 bridgehead atoms. The second kappa shape index (κ2) is 4.31. The van der Waals surface area contributed by atoms with Gasteiger partial charge in [-0.2, -0.15) is 5.10 Å². The molecule has 0 saturated heterocycles. The van der Waals surface area contributed by atoms with Crippen molar-refractivity contribution in [2.45, 2.75) is 38.0 Å². The number of nitrogens with zero attached hydrogens (tertiary/aromatic N) is 3. The quantitative estimate of drug-likeness (QED) is 0.752. The van der Waals surface area contributed by atoms with Crippen molar-refractivity contribution in [3.8, 4) is 0 Å². The van der Waals surface area contributed by atoms with E-state index in [4.69, 9.17) is 0 Å². The molecule has 3 nitrogen and oxygen atoms in total. The van der Waals surface area contributed by atoms with Crippen molar-refractivity contribution in [2.75, 3.05) is 0 Å². The molecule has 2 aromatic rings. The molecular weight excluding hydrogens is 313 g/mol. The predicted octanol–water partition coefficient (Wildman–Crippen LogP) is 3.38. The van der Waals surface area contributed by atoms with Gasteiger partial charge in [0.15, 0.2) is 5.65 Å². The van der Waals surface area contributed by atoms with Gasteiger partial charge in [0.1, 0.15) is 3.70 Å². The number of aromatic nitrogens is 3. The summed E-state index contributed by atoms with van der Waals surface area (Å²) >= 11 is 2.26. The van der Waals surface area contributed by atoms with Gasteiger partial charge in [-0.05, 0) is 53.0 Å². The molecule has 4 heteroatoms. The van der Waals surface area contributed by atoms with Crippen LogP contribution in [0, 0.1) is 3.70 Å². The third-order valence-corrected chi connectivity index (χ3v) is 4.15. The first-order valence-corrected chi connectivity index (χ1v) is 6.91. The lowest BCUT2D eigenvalue weighted by Gasteiger charge is -2.21. The fraction of sp³-hybridized carbons (Fsp3) is 0.500. The summed E-state index contributed by atoms with van der Waals surface area (Å²) in [5.74, 6) is 0.709. The van der Waals surface area contributed by atoms with Crippen LogP contribution in [-0.2, 0) is 0 Å². The summed E-state index contributed by atoms with van der Waals surface area (Å²) in [5.41, 5.74) is 2.35. The van der Waals surface area contributed by atoms with Crippen LogP contribution in [-0.4, -0.2) is 14.6 Å². The monoisotopic (exact) mass is 327 g/mol. The van der Waals surface area contributed by atoms with Gasteiger partial charge in [0.2, 0.25) is 0 Å². The van der Waals surface area contributed by atoms with E-state index in [9.17, 15) is 0 Å². The van der Waals surface area contributed by atoms with Crippen molar-refractivity contribution in [2.24, 2.45) is 0 Å². The van der Waals surface area contributed by atoms with E-state index in [1.165, 1.54) is 37.7 Å². The van der Waals surface area contributed by atoms with Gasteiger partial charge in [0.05, 0.1) is 12.4 Å². The van der Waals surface area contributed by atoms with Crippen molar-refractivity contribution in [3.05, 3.63) is 27.7 Å². The summed E-state index contributed by atoms with van der Waals surface area (Å²) in [6.45, 7) is 0. The molecule has 0 radical (unpaired) electrons. The Morgan fingerprint density at radius 1 is 1.19 bits per heavy atom. The van der Waals surface area contributed by atoms with Crippen LogP contribution in [0.3, 0.4) is 0 Å². The van der Waals surface area contributed by atoms with Crippen LogP contribution in [0.5, 0.6) is 0 Å². The predicted molar refractivity (Wildman–Crippen MR) is 71.5 cm³/mol. The zero-order valence-corrected chi connectivity index (χ0v) is 11.2. The Kier molecular flexibility index (Phi) is 2.83. The van der Waals surface area contributed by atoms with Crippen LogP contribution in [0.2, 0.25) is 0 Å². The third-order valence-electron chi connectivity index (χ3n) is 3.42. The Morgan fingerprint density at radius 3 is 2.81 bits per heavy atom. The van der Waals surface area contributed by atoms with E-state index in [1.54, 1.807) is 0 Å². The van der Waals surface area contributed by atoms with E-state index in [2.05, 4.69) is 38.7 Å². The van der Waals surface area contributed by atoms with Crippen LogP contribution < -0.4 is 0 Å². The van der Waals surface area contributed by atoms with Crippen LogP contribution in [0.1, 0.15) is 43.6 Å². The van der Waals surface area contributed by atoms with Gasteiger partial charge >= 0.3 is 0 Å². The SMILES string of the molecule is Ic1cnc2cc(C3CCCCC3)cnn12. The van der Waals surface area contributed by atoms with Crippen LogP contribution >= 0.6 is 22.6 Å². The molecule has 0 amide bonds. The summed E-state index contributed by atoms with van der Waals surface area (Å²) in [5, 5.41) is 4.46. The van der Waals surface area contributed by atoms with Crippen molar-refractivity contribution in [1.82, 2.24) is 14.6 Å². The first kappa shape index (κ1) is 10.5. The van der Waals surface area contributed by atoms with E-state index in [1.807, 2.05) is 16.9 Å². The molecule has 1 aliphatic carbocycles. The van der Waals surface area contributed by atoms with Gasteiger partial charge in [0.25, 0.3) is 0 Å². The minimum absolute atomic E-state index is 0.709. The lowest BCUT2D eigenvalue weighted by atomic mass is 9.85. The topological polar surface area (TPSA) is 30.2 Å². The molecule has 1 fully saturated rings. The van der Waals surface area contributed by atoms with Gasteiger partial charge in [-0.25, -0.2) is 9.50 Å². The van der Waals surface area contributed by atoms with Gasteiger partial charge in [0, 0.05) is 0 Å². The fourth-order valence-corrected chi connectivity index (χ4v) is 3.03. The Balaban J connectivity index is 1.97. The van der Waals surface area contributed by atoms with Gasteiger partial charge in [-0.3, -0.25) is 0 Å². The lowest BCUT2D eigenvalue weighted by Crippen LogP contribution is -2.06. The maximum Gasteiger partial charge on any atom is 0.155 e. The summed E-state index contributed by atoms with van der Waals surface area (Å²) < 4.78 is 2.97. The zero-order valence-electron chi connectivity index (χ0n) is 9.06. The van der Waals surface area contributed by atoms with Crippen LogP contribution in [0.15, 0.2) is 18.5 Å². The van der Waals surface area contributed by atoms with E-state index >= 15 is 0 Å². The Hall–Kier alpha value is -0.650. The molecule has 2 aromatic heterocycles. The Labute approximate surface area is 108 Å². The molecule has 0 N–H and O–H groups in total. The van der Waals surface area contributed by atoms with Gasteiger partial charge in [-0.1, -0.05) is 19.3 Å². The smallest absolute Gasteiger partial charge is 0.155 e. The largest absolute Gasteiger partial charge is 0.234 e. The highest BCUT2D eigenvalue weighted by molar-refractivity contribution is 14.1. The molecule has 16 heavy (non-hydrogen) atoms. The van der Waals surface area contributed by atoms with Crippen LogP contribution in [0.4, 0.5) is 0 Å². The fourth-order valence-electron chi connectivity index (χ4n) is 2.52. The van der Waals surface area contributed by atoms with Gasteiger partial charge in [-0.15, -0.1) is 0 Å². The van der Waals surface area contributed by atoms with E-state index in [0.717, 1.165) is 9.35 Å². The number of imidazole rings is 1. The molecule has 0 aromatic carbocycles. The minimum Gasteiger partial charge on any atom is -0.234 e. The molecular formula is C12H14IN3. The van der Waals surface area contributed by atoms with Crippen LogP contribution in [0.25, 0.3) is 5.65 Å². The highest BCUT2D eigenvalue weighted by Crippen LogP contribution is 2.32. The number of fused-ring (bicyclic) bond motifs is 1. The molecule has 84 valence electrons. The van der Waals surface area contributed by atoms with Crippen molar-refractivity contribution >= 4 is 28.2 Å². The number of hydrogen-bond donors (Lipinski definition) is 0. The summed E-state index contributed by atoms with van der Waals surface area (Å²) in [6.07, 6.45) is 10.6. The van der Waals surface area contributed by atoms with Gasteiger partial charge < -0.3 is 0 Å². The molecule has 2 heterocycles. The maximum absolute atomic E-state index is 4.46. The molecule has 1 aliphatic rings. The molecule has 3 rings (SSSR count). The highest BCUT2D eigenvalue weighted by Gasteiger charge is 2.16. The number of rotatable bonds is 1. The number of hydrogen-bond acceptors (Lipinski definition) is 2. The van der Waals surface area contributed by atoms with E-state index in [-0.39, 0.29) is 0 Å². The normalized spacial score (nSPS) is 18.1. The first-order chi connectivity index (χ1) is 7.84. The summed E-state index contributed by atoms with van der Waals surface area (Å²) in [6, 6.07) is 2.20. The molecule has 1 saturated carbocycles. The second-order valence-electron chi connectivity index (χ2n) is 4.47. The first-order valence-electron chi connectivity index (χ1n) is 5.84. The number of halogens is 1. The van der Waals surface area contributed by atoms with E-state index < -0.39 is 0 Å². The Morgan fingerprint density at radius 2 is 2.00 bits per heavy atom. The second-order valence-corrected chi connectivity index (χ2v) is 5.58. The molecule has 0 spiro atoms. The summed E-state index contributed by atoms with van der Waals surface area (Å²) in [4.78, 5) is 4.37. The maximum atomic E-state index is 4.46.